The minimum Gasteiger partial charge on any atom is -0.508 e. The molecule has 0 heterocycles. The Bertz CT molecular complexity index is 548. The molecule has 1 aromatic rings. The van der Waals surface area contributed by atoms with E-state index in [0.717, 1.165) is 22.2 Å². The topological polar surface area (TPSA) is 29.5 Å². The first kappa shape index (κ1) is 16.4. The van der Waals surface area contributed by atoms with Crippen molar-refractivity contribution in [3.8, 4) is 11.5 Å². The Hall–Kier alpha value is -0.960. The first-order chi connectivity index (χ1) is 9.76. The van der Waals surface area contributed by atoms with Crippen LogP contribution in [-0.4, -0.2) is 12.2 Å². The number of phenols is 1. The molecule has 1 fully saturated rings. The van der Waals surface area contributed by atoms with Crippen LogP contribution in [0.4, 0.5) is 0 Å². The van der Waals surface area contributed by atoms with Crippen molar-refractivity contribution in [2.24, 2.45) is 17.3 Å². The van der Waals surface area contributed by atoms with Crippen molar-refractivity contribution < 1.29 is 9.84 Å². The molecule has 21 heavy (non-hydrogen) atoms. The van der Waals surface area contributed by atoms with Crippen molar-refractivity contribution in [3.63, 3.8) is 0 Å². The van der Waals surface area contributed by atoms with Gasteiger partial charge in [0, 0.05) is 0 Å². The number of allylic oxidation sites excluding steroid dienone is 1. The minimum atomic E-state index is 0.219. The normalized spacial score (nSPS) is 24.9. The van der Waals surface area contributed by atoms with Gasteiger partial charge < -0.3 is 9.84 Å². The molecule has 2 rings (SSSR count). The van der Waals surface area contributed by atoms with Gasteiger partial charge in [-0.3, -0.25) is 0 Å². The molecule has 2 nitrogen and oxygen atoms in total. The molecular weight excluding hydrogens is 328 g/mol. The van der Waals surface area contributed by atoms with E-state index in [2.05, 4.69) is 43.3 Å². The lowest BCUT2D eigenvalue weighted by Crippen LogP contribution is -2.34. The van der Waals surface area contributed by atoms with Gasteiger partial charge in [0.1, 0.15) is 11.5 Å². The van der Waals surface area contributed by atoms with Crippen molar-refractivity contribution in [3.05, 3.63) is 34.3 Å². The van der Waals surface area contributed by atoms with Crippen LogP contribution in [0.15, 0.2) is 28.8 Å². The molecule has 2 atom stereocenters. The summed E-state index contributed by atoms with van der Waals surface area (Å²) < 4.78 is 6.13. The maximum absolute atomic E-state index is 10.2. The fourth-order valence-electron chi connectivity index (χ4n) is 3.33. The van der Waals surface area contributed by atoms with Crippen LogP contribution in [0.25, 0.3) is 0 Å². The molecule has 0 aliphatic heterocycles. The lowest BCUT2D eigenvalue weighted by molar-refractivity contribution is 0.163. The largest absolute Gasteiger partial charge is 0.508 e. The lowest BCUT2D eigenvalue weighted by atomic mass is 9.62. The number of methoxy groups -OCH3 is 1. The summed E-state index contributed by atoms with van der Waals surface area (Å²) in [7, 11) is 1.65. The van der Waals surface area contributed by atoms with Crippen LogP contribution in [0.5, 0.6) is 11.5 Å². The van der Waals surface area contributed by atoms with Gasteiger partial charge in [-0.2, -0.15) is 0 Å². The summed E-state index contributed by atoms with van der Waals surface area (Å²) in [6.07, 6.45) is 3.22. The van der Waals surface area contributed by atoms with Gasteiger partial charge in [-0.15, -0.1) is 0 Å². The van der Waals surface area contributed by atoms with Gasteiger partial charge >= 0.3 is 0 Å². The molecule has 0 saturated heterocycles. The van der Waals surface area contributed by atoms with Gasteiger partial charge in [0.2, 0.25) is 0 Å². The molecule has 0 radical (unpaired) electrons. The molecule has 1 aromatic carbocycles. The number of benzene rings is 1. The number of hydrogen-bond acceptors (Lipinski definition) is 2. The monoisotopic (exact) mass is 352 g/mol. The van der Waals surface area contributed by atoms with E-state index in [1.807, 2.05) is 6.07 Å². The molecule has 1 N–H and O–H groups in total. The van der Waals surface area contributed by atoms with Crippen molar-refractivity contribution in [1.82, 2.24) is 0 Å². The Morgan fingerprint density at radius 3 is 2.71 bits per heavy atom. The van der Waals surface area contributed by atoms with Crippen LogP contribution in [0, 0.1) is 17.3 Å². The van der Waals surface area contributed by atoms with E-state index < -0.39 is 0 Å². The third kappa shape index (κ3) is 3.28. The molecule has 1 aliphatic carbocycles. The van der Waals surface area contributed by atoms with Gasteiger partial charge in [-0.1, -0.05) is 32.9 Å². The summed E-state index contributed by atoms with van der Waals surface area (Å²) >= 11 is 3.41. The van der Waals surface area contributed by atoms with Gasteiger partial charge in [-0.25, -0.2) is 0 Å². The summed E-state index contributed by atoms with van der Waals surface area (Å²) in [5.74, 6) is 2.03. The molecule has 1 saturated carbocycles. The summed E-state index contributed by atoms with van der Waals surface area (Å²) in [5.41, 5.74) is 2.46. The van der Waals surface area contributed by atoms with Gasteiger partial charge in [0.05, 0.1) is 11.6 Å². The third-order valence-electron chi connectivity index (χ3n) is 5.02. The zero-order chi connectivity index (χ0) is 15.8. The van der Waals surface area contributed by atoms with Gasteiger partial charge in [0.25, 0.3) is 0 Å². The van der Waals surface area contributed by atoms with Crippen molar-refractivity contribution >= 4 is 15.9 Å². The molecule has 2 unspecified atom stereocenters. The molecule has 0 aromatic heterocycles. The standard InChI is InChI=1S/C18H25BrO2/c1-11-6-7-18(3,4)14(12(11)2)8-13-9-17(21-5)15(19)10-16(13)20/h9-11,14,20H,2,6-8H2,1,3-5H3. The second kappa shape index (κ2) is 6.04. The molecule has 0 bridgehead atoms. The number of halogens is 1. The molecule has 1 aliphatic rings. The number of phenolic OH excluding ortho intramolecular Hbond substituents is 1. The van der Waals surface area contributed by atoms with Crippen LogP contribution >= 0.6 is 15.9 Å². The van der Waals surface area contributed by atoms with Crippen LogP contribution in [0.2, 0.25) is 0 Å². The van der Waals surface area contributed by atoms with Crippen molar-refractivity contribution in [1.29, 1.82) is 0 Å². The lowest BCUT2D eigenvalue weighted by Gasteiger charge is -2.43. The average Bonchev–Trinajstić information content (AvgIpc) is 2.41. The Kier molecular flexibility index (Phi) is 4.72. The van der Waals surface area contributed by atoms with Crippen LogP contribution in [-0.2, 0) is 6.42 Å². The Balaban J connectivity index is 2.33. The zero-order valence-corrected chi connectivity index (χ0v) is 15.0. The second-order valence-corrected chi connectivity index (χ2v) is 7.73. The fourth-order valence-corrected chi connectivity index (χ4v) is 3.82. The Morgan fingerprint density at radius 1 is 1.43 bits per heavy atom. The maximum atomic E-state index is 10.2. The highest BCUT2D eigenvalue weighted by molar-refractivity contribution is 9.10. The van der Waals surface area contributed by atoms with Gasteiger partial charge in [-0.05, 0) is 70.1 Å². The quantitative estimate of drug-likeness (QED) is 0.744. The number of aromatic hydroxyl groups is 1. The van der Waals surface area contributed by atoms with E-state index in [4.69, 9.17) is 4.74 Å². The highest BCUT2D eigenvalue weighted by atomic mass is 79.9. The molecule has 3 heteroatoms. The highest BCUT2D eigenvalue weighted by Gasteiger charge is 2.37. The van der Waals surface area contributed by atoms with Crippen molar-refractivity contribution in [2.45, 2.75) is 40.0 Å². The Labute approximate surface area is 136 Å². The van der Waals surface area contributed by atoms with Crippen LogP contribution in [0.1, 0.15) is 39.2 Å². The highest BCUT2D eigenvalue weighted by Crippen LogP contribution is 2.48. The Morgan fingerprint density at radius 2 is 2.10 bits per heavy atom. The molecule has 0 spiro atoms. The van der Waals surface area contributed by atoms with E-state index in [-0.39, 0.29) is 5.41 Å². The summed E-state index contributed by atoms with van der Waals surface area (Å²) in [5, 5.41) is 10.2. The predicted octanol–water partition coefficient (Wildman–Crippen LogP) is 5.33. The minimum absolute atomic E-state index is 0.219. The van der Waals surface area contributed by atoms with E-state index in [1.165, 1.54) is 18.4 Å². The molecule has 0 amide bonds. The zero-order valence-electron chi connectivity index (χ0n) is 13.4. The third-order valence-corrected chi connectivity index (χ3v) is 5.64. The summed E-state index contributed by atoms with van der Waals surface area (Å²) in [6, 6.07) is 3.65. The van der Waals surface area contributed by atoms with E-state index in [0.29, 0.717) is 17.6 Å². The first-order valence-corrected chi connectivity index (χ1v) is 8.29. The van der Waals surface area contributed by atoms with Crippen LogP contribution in [0.3, 0.4) is 0 Å². The fraction of sp³-hybridized carbons (Fsp3) is 0.556. The number of ether oxygens (including phenoxy) is 1. The smallest absolute Gasteiger partial charge is 0.133 e. The number of hydrogen-bond donors (Lipinski definition) is 1. The first-order valence-electron chi connectivity index (χ1n) is 7.50. The molecular formula is C18H25BrO2. The molecule has 116 valence electrons. The van der Waals surface area contributed by atoms with Crippen LogP contribution < -0.4 is 4.74 Å². The number of rotatable bonds is 3. The van der Waals surface area contributed by atoms with Crippen molar-refractivity contribution in [2.75, 3.05) is 7.11 Å². The average molecular weight is 353 g/mol. The summed E-state index contributed by atoms with van der Waals surface area (Å²) in [4.78, 5) is 0. The van der Waals surface area contributed by atoms with Gasteiger partial charge in [0.15, 0.2) is 0 Å². The predicted molar refractivity (Wildman–Crippen MR) is 90.9 cm³/mol. The van der Waals surface area contributed by atoms with E-state index in [1.54, 1.807) is 13.2 Å². The SMILES string of the molecule is C=C1C(C)CCC(C)(C)C1Cc1cc(OC)c(Br)cc1O. The van der Waals surface area contributed by atoms with E-state index in [9.17, 15) is 5.11 Å². The van der Waals surface area contributed by atoms with E-state index >= 15 is 0 Å². The maximum Gasteiger partial charge on any atom is 0.133 e. The summed E-state index contributed by atoms with van der Waals surface area (Å²) in [6.45, 7) is 11.2. The second-order valence-electron chi connectivity index (χ2n) is 6.88.